The summed E-state index contributed by atoms with van der Waals surface area (Å²) in [5.41, 5.74) is 1.47. The Labute approximate surface area is 133 Å². The summed E-state index contributed by atoms with van der Waals surface area (Å²) >= 11 is 1.60. The van der Waals surface area contributed by atoms with Crippen LogP contribution >= 0.6 is 11.3 Å². The monoisotopic (exact) mass is 320 g/mol. The van der Waals surface area contributed by atoms with Gasteiger partial charge in [0.2, 0.25) is 0 Å². The summed E-state index contributed by atoms with van der Waals surface area (Å²) < 4.78 is 7.11. The summed E-state index contributed by atoms with van der Waals surface area (Å²) in [5, 5.41) is 8.40. The molecule has 3 heterocycles. The van der Waals surface area contributed by atoms with Crippen molar-refractivity contribution in [2.45, 2.75) is 32.2 Å². The maximum atomic E-state index is 12.6. The highest BCUT2D eigenvalue weighted by molar-refractivity contribution is 7.11. The zero-order valence-corrected chi connectivity index (χ0v) is 13.8. The molecule has 1 fully saturated rings. The van der Waals surface area contributed by atoms with Crippen molar-refractivity contribution in [2.24, 2.45) is 7.05 Å². The van der Waals surface area contributed by atoms with Gasteiger partial charge >= 0.3 is 0 Å². The fraction of sp³-hybridized carbons (Fsp3) is 0.533. The van der Waals surface area contributed by atoms with E-state index in [4.69, 9.17) is 4.74 Å². The summed E-state index contributed by atoms with van der Waals surface area (Å²) in [4.78, 5) is 18.1. The third kappa shape index (κ3) is 3.05. The highest BCUT2D eigenvalue weighted by Gasteiger charge is 2.27. The van der Waals surface area contributed by atoms with Crippen LogP contribution in [0.1, 0.15) is 51.2 Å². The number of carbonyl (C=O) groups is 1. The molecule has 0 spiro atoms. The van der Waals surface area contributed by atoms with Gasteiger partial charge in [0.25, 0.3) is 5.91 Å². The second kappa shape index (κ2) is 6.18. The molecule has 0 radical (unpaired) electrons. The molecule has 118 valence electrons. The van der Waals surface area contributed by atoms with E-state index in [0.29, 0.717) is 12.2 Å². The molecule has 1 aliphatic rings. The van der Waals surface area contributed by atoms with Crippen LogP contribution in [0.2, 0.25) is 0 Å². The van der Waals surface area contributed by atoms with Crippen LogP contribution in [0.3, 0.4) is 0 Å². The largest absolute Gasteiger partial charge is 0.381 e. The summed E-state index contributed by atoms with van der Waals surface area (Å²) in [6, 6.07) is -0.112. The Morgan fingerprint density at radius 1 is 1.59 bits per heavy atom. The minimum absolute atomic E-state index is 0.102. The molecule has 0 bridgehead atoms. The van der Waals surface area contributed by atoms with E-state index in [1.54, 1.807) is 22.2 Å². The van der Waals surface area contributed by atoms with Crippen molar-refractivity contribution in [3.63, 3.8) is 0 Å². The summed E-state index contributed by atoms with van der Waals surface area (Å²) in [6.45, 7) is 5.33. The van der Waals surface area contributed by atoms with E-state index in [-0.39, 0.29) is 17.9 Å². The number of aromatic nitrogens is 3. The zero-order valence-electron chi connectivity index (χ0n) is 13.0. The average Bonchev–Trinajstić information content (AvgIpc) is 3.17. The first-order valence-electron chi connectivity index (χ1n) is 7.39. The van der Waals surface area contributed by atoms with Crippen molar-refractivity contribution in [3.05, 3.63) is 33.5 Å². The standard InChI is InChI=1S/C15H20N4O2S/c1-9-6-16-15(22-9)10(2)17-14(20)12-7-19(3)18-13(12)11-4-5-21-8-11/h6-7,10-11H,4-5,8H2,1-3H3,(H,17,20)/t10-,11+/m0/s1. The van der Waals surface area contributed by atoms with Gasteiger partial charge in [0.15, 0.2) is 0 Å². The molecule has 1 aliphatic heterocycles. The van der Waals surface area contributed by atoms with Crippen LogP contribution in [0.25, 0.3) is 0 Å². The number of thiazole rings is 1. The summed E-state index contributed by atoms with van der Waals surface area (Å²) in [6.07, 6.45) is 4.52. The summed E-state index contributed by atoms with van der Waals surface area (Å²) in [5.74, 6) is 0.106. The second-order valence-electron chi connectivity index (χ2n) is 5.67. The molecule has 22 heavy (non-hydrogen) atoms. The summed E-state index contributed by atoms with van der Waals surface area (Å²) in [7, 11) is 1.84. The smallest absolute Gasteiger partial charge is 0.255 e. The predicted molar refractivity (Wildman–Crippen MR) is 84.1 cm³/mol. The van der Waals surface area contributed by atoms with Gasteiger partial charge in [-0.3, -0.25) is 9.48 Å². The molecule has 7 heteroatoms. The Morgan fingerprint density at radius 2 is 2.41 bits per heavy atom. The number of nitrogens with zero attached hydrogens (tertiary/aromatic N) is 3. The third-order valence-corrected chi connectivity index (χ3v) is 4.87. The number of hydrogen-bond donors (Lipinski definition) is 1. The molecule has 1 amide bonds. The highest BCUT2D eigenvalue weighted by atomic mass is 32.1. The van der Waals surface area contributed by atoms with Gasteiger partial charge in [0.05, 0.1) is 23.9 Å². The molecule has 2 atom stereocenters. The molecular weight excluding hydrogens is 300 g/mol. The van der Waals surface area contributed by atoms with Gasteiger partial charge in [-0.25, -0.2) is 4.98 Å². The van der Waals surface area contributed by atoms with Gasteiger partial charge in [-0.2, -0.15) is 5.10 Å². The molecule has 2 aromatic heterocycles. The van der Waals surface area contributed by atoms with Gasteiger partial charge in [-0.15, -0.1) is 11.3 Å². The fourth-order valence-corrected chi connectivity index (χ4v) is 3.42. The maximum Gasteiger partial charge on any atom is 0.255 e. The number of ether oxygens (including phenoxy) is 1. The fourth-order valence-electron chi connectivity index (χ4n) is 2.64. The molecule has 1 saturated heterocycles. The lowest BCUT2D eigenvalue weighted by atomic mass is 10.0. The van der Waals surface area contributed by atoms with Gasteiger partial charge in [-0.1, -0.05) is 0 Å². The van der Waals surface area contributed by atoms with Crippen molar-refractivity contribution in [1.82, 2.24) is 20.1 Å². The van der Waals surface area contributed by atoms with E-state index in [1.165, 1.54) is 0 Å². The maximum absolute atomic E-state index is 12.6. The zero-order chi connectivity index (χ0) is 15.7. The number of carbonyl (C=O) groups excluding carboxylic acids is 1. The molecule has 1 N–H and O–H groups in total. The number of rotatable bonds is 4. The van der Waals surface area contributed by atoms with Crippen molar-refractivity contribution >= 4 is 17.2 Å². The van der Waals surface area contributed by atoms with Crippen LogP contribution in [-0.2, 0) is 11.8 Å². The van der Waals surface area contributed by atoms with Crippen molar-refractivity contribution < 1.29 is 9.53 Å². The quantitative estimate of drug-likeness (QED) is 0.937. The molecule has 0 aliphatic carbocycles. The number of hydrogen-bond acceptors (Lipinski definition) is 5. The van der Waals surface area contributed by atoms with Crippen LogP contribution in [0.5, 0.6) is 0 Å². The van der Waals surface area contributed by atoms with Crippen molar-refractivity contribution in [1.29, 1.82) is 0 Å². The van der Waals surface area contributed by atoms with Gasteiger partial charge < -0.3 is 10.1 Å². The SMILES string of the molecule is Cc1cnc([C@H](C)NC(=O)c2cn(C)nc2[C@@H]2CCOC2)s1. The normalized spacial score (nSPS) is 19.3. The lowest BCUT2D eigenvalue weighted by Crippen LogP contribution is -2.27. The van der Waals surface area contributed by atoms with E-state index >= 15 is 0 Å². The molecule has 3 rings (SSSR count). The van der Waals surface area contributed by atoms with E-state index in [9.17, 15) is 4.79 Å². The van der Waals surface area contributed by atoms with Crippen molar-refractivity contribution in [2.75, 3.05) is 13.2 Å². The highest BCUT2D eigenvalue weighted by Crippen LogP contribution is 2.27. The van der Waals surface area contributed by atoms with Gasteiger partial charge in [0, 0.05) is 36.8 Å². The average molecular weight is 320 g/mol. The Kier molecular flexibility index (Phi) is 4.26. The number of amides is 1. The first-order chi connectivity index (χ1) is 10.5. The molecular formula is C15H20N4O2S. The Balaban J connectivity index is 1.77. The van der Waals surface area contributed by atoms with Gasteiger partial charge in [-0.05, 0) is 20.3 Å². The second-order valence-corrected chi connectivity index (χ2v) is 6.93. The molecule has 0 saturated carbocycles. The molecule has 6 nitrogen and oxygen atoms in total. The van der Waals surface area contributed by atoms with Gasteiger partial charge in [0.1, 0.15) is 5.01 Å². The first kappa shape index (κ1) is 15.2. The lowest BCUT2D eigenvalue weighted by Gasteiger charge is -2.12. The minimum atomic E-state index is -0.112. The van der Waals surface area contributed by atoms with E-state index in [1.807, 2.05) is 27.1 Å². The molecule has 0 unspecified atom stereocenters. The van der Waals surface area contributed by atoms with Crippen LogP contribution < -0.4 is 5.32 Å². The number of nitrogens with one attached hydrogen (secondary N) is 1. The Morgan fingerprint density at radius 3 is 3.05 bits per heavy atom. The Hall–Kier alpha value is -1.73. The third-order valence-electron chi connectivity index (χ3n) is 3.78. The van der Waals surface area contributed by atoms with Crippen LogP contribution in [0, 0.1) is 6.92 Å². The van der Waals surface area contributed by atoms with E-state index in [0.717, 1.165) is 28.6 Å². The number of aryl methyl sites for hydroxylation is 2. The predicted octanol–water partition coefficient (Wildman–Crippen LogP) is 2.18. The lowest BCUT2D eigenvalue weighted by molar-refractivity contribution is 0.0938. The van der Waals surface area contributed by atoms with E-state index in [2.05, 4.69) is 15.4 Å². The van der Waals surface area contributed by atoms with Crippen LogP contribution in [0.4, 0.5) is 0 Å². The van der Waals surface area contributed by atoms with Crippen LogP contribution in [0.15, 0.2) is 12.4 Å². The topological polar surface area (TPSA) is 69.0 Å². The minimum Gasteiger partial charge on any atom is -0.381 e. The Bertz CT molecular complexity index is 673. The molecule has 2 aromatic rings. The van der Waals surface area contributed by atoms with Crippen LogP contribution in [-0.4, -0.2) is 33.9 Å². The van der Waals surface area contributed by atoms with Crippen molar-refractivity contribution in [3.8, 4) is 0 Å². The first-order valence-corrected chi connectivity index (χ1v) is 8.20. The molecule has 0 aromatic carbocycles. The van der Waals surface area contributed by atoms with E-state index < -0.39 is 0 Å².